The number of nitrogens with zero attached hydrogens (tertiary/aromatic N) is 2. The van der Waals surface area contributed by atoms with Crippen molar-refractivity contribution in [2.24, 2.45) is 0 Å². The van der Waals surface area contributed by atoms with Gasteiger partial charge in [0.25, 0.3) is 0 Å². The number of aliphatic hydroxyl groups is 1. The number of pyridine rings is 1. The third-order valence-electron chi connectivity index (χ3n) is 7.71. The average Bonchev–Trinajstić information content (AvgIpc) is 3.64. The highest BCUT2D eigenvalue weighted by atomic mass is 16.5. The maximum Gasteiger partial charge on any atom is 0.308 e. The summed E-state index contributed by atoms with van der Waals surface area (Å²) in [7, 11) is 0. The molecule has 7 heteroatoms. The number of carbonyl (C=O) groups excluding carboxylic acids is 2. The van der Waals surface area contributed by atoms with Gasteiger partial charge >= 0.3 is 5.97 Å². The fraction of sp³-hybridized carbons (Fsp3) is 0.171. The van der Waals surface area contributed by atoms with Crippen LogP contribution in [0, 0.1) is 0 Å². The molecular weight excluding hydrogens is 526 g/mol. The Morgan fingerprint density at radius 3 is 2.29 bits per heavy atom. The van der Waals surface area contributed by atoms with E-state index in [2.05, 4.69) is 10.3 Å². The Morgan fingerprint density at radius 1 is 0.857 bits per heavy atom. The number of hydrogen-bond acceptors (Lipinski definition) is 5. The minimum Gasteiger partial charge on any atom is -0.461 e. The number of hydrogen-bond donors (Lipinski definition) is 2. The van der Waals surface area contributed by atoms with Crippen LogP contribution in [-0.2, 0) is 27.4 Å². The summed E-state index contributed by atoms with van der Waals surface area (Å²) < 4.78 is 7.29. The number of ether oxygens (including phenoxy) is 1. The van der Waals surface area contributed by atoms with Crippen LogP contribution in [0.2, 0.25) is 0 Å². The van der Waals surface area contributed by atoms with Crippen LogP contribution in [0.3, 0.4) is 0 Å². The molecule has 0 spiro atoms. The normalized spacial score (nSPS) is 16.4. The van der Waals surface area contributed by atoms with Gasteiger partial charge in [0.05, 0.1) is 18.6 Å². The van der Waals surface area contributed by atoms with E-state index < -0.39 is 24.2 Å². The van der Waals surface area contributed by atoms with Gasteiger partial charge in [-0.25, -0.2) is 0 Å². The number of benzene rings is 3. The van der Waals surface area contributed by atoms with E-state index in [0.29, 0.717) is 6.42 Å². The maximum absolute atomic E-state index is 13.8. The number of amides is 1. The molecule has 2 aromatic heterocycles. The Bertz CT molecular complexity index is 1670. The molecule has 0 aliphatic heterocycles. The van der Waals surface area contributed by atoms with Crippen molar-refractivity contribution < 1.29 is 19.4 Å². The molecule has 1 aliphatic rings. The molecule has 3 aromatic carbocycles. The first-order valence-electron chi connectivity index (χ1n) is 14.0. The van der Waals surface area contributed by atoms with Crippen LogP contribution in [-0.4, -0.2) is 32.6 Å². The monoisotopic (exact) mass is 557 g/mol. The quantitative estimate of drug-likeness (QED) is 0.228. The summed E-state index contributed by atoms with van der Waals surface area (Å²) in [5.74, 6) is -0.842. The maximum atomic E-state index is 13.8. The molecule has 1 unspecified atom stereocenters. The van der Waals surface area contributed by atoms with Gasteiger partial charge in [0.15, 0.2) is 0 Å². The Morgan fingerprint density at radius 2 is 1.52 bits per heavy atom. The van der Waals surface area contributed by atoms with E-state index in [1.54, 1.807) is 23.2 Å². The molecule has 0 saturated heterocycles. The predicted octanol–water partition coefficient (Wildman–Crippen LogP) is 5.67. The molecule has 0 saturated carbocycles. The molecule has 7 nitrogen and oxygen atoms in total. The number of rotatable bonds is 9. The van der Waals surface area contributed by atoms with Gasteiger partial charge in [0.2, 0.25) is 5.91 Å². The lowest BCUT2D eigenvalue weighted by molar-refractivity contribution is -0.148. The number of aromatic nitrogens is 2. The zero-order valence-electron chi connectivity index (χ0n) is 23.0. The van der Waals surface area contributed by atoms with E-state index >= 15 is 0 Å². The molecule has 6 rings (SSSR count). The number of carbonyl (C=O) groups is 2. The van der Waals surface area contributed by atoms with Gasteiger partial charge < -0.3 is 19.7 Å². The Labute approximate surface area is 244 Å². The lowest BCUT2D eigenvalue weighted by Crippen LogP contribution is -2.39. The topological polar surface area (TPSA) is 93.5 Å². The Kier molecular flexibility index (Phi) is 7.92. The molecule has 1 amide bonds. The molecule has 42 heavy (non-hydrogen) atoms. The summed E-state index contributed by atoms with van der Waals surface area (Å²) in [5, 5.41) is 13.8. The van der Waals surface area contributed by atoms with E-state index in [0.717, 1.165) is 38.9 Å². The molecule has 2 heterocycles. The van der Waals surface area contributed by atoms with Crippen molar-refractivity contribution in [3.63, 3.8) is 0 Å². The highest BCUT2D eigenvalue weighted by Gasteiger charge is 2.34. The van der Waals surface area contributed by atoms with Crippen LogP contribution in [0.4, 0.5) is 0 Å². The van der Waals surface area contributed by atoms with Gasteiger partial charge in [-0.2, -0.15) is 0 Å². The number of aliphatic hydroxyl groups excluding tert-OH is 1. The summed E-state index contributed by atoms with van der Waals surface area (Å²) in [5.41, 5.74) is 6.83. The molecule has 5 aromatic rings. The first-order chi connectivity index (χ1) is 20.5. The SMILES string of the molecule is O=C(C[C@H](C(=O)NC1c2ccccc2C[C@H]1O)n1ccc(-c2ccc(-c3ccncc3)cc2)c1)OCc1ccccc1. The molecule has 0 bridgehead atoms. The zero-order chi connectivity index (χ0) is 28.9. The van der Waals surface area contributed by atoms with E-state index in [-0.39, 0.29) is 18.9 Å². The van der Waals surface area contributed by atoms with E-state index in [4.69, 9.17) is 4.74 Å². The van der Waals surface area contributed by atoms with Crippen LogP contribution in [0.25, 0.3) is 22.3 Å². The summed E-state index contributed by atoms with van der Waals surface area (Å²) >= 11 is 0. The fourth-order valence-corrected chi connectivity index (χ4v) is 5.46. The molecule has 2 N–H and O–H groups in total. The average molecular weight is 558 g/mol. The Balaban J connectivity index is 1.23. The third-order valence-corrected chi connectivity index (χ3v) is 7.71. The number of fused-ring (bicyclic) bond motifs is 1. The highest BCUT2D eigenvalue weighted by molar-refractivity contribution is 5.86. The lowest BCUT2D eigenvalue weighted by atomic mass is 10.0. The van der Waals surface area contributed by atoms with Gasteiger partial charge in [-0.3, -0.25) is 14.6 Å². The summed E-state index contributed by atoms with van der Waals surface area (Å²) in [6, 6.07) is 29.7. The van der Waals surface area contributed by atoms with Crippen LogP contribution in [0.1, 0.15) is 35.2 Å². The molecule has 3 atom stereocenters. The second-order valence-electron chi connectivity index (χ2n) is 10.5. The van der Waals surface area contributed by atoms with Crippen molar-refractivity contribution in [2.45, 2.75) is 37.6 Å². The first-order valence-corrected chi connectivity index (χ1v) is 14.0. The molecular formula is C35H31N3O4. The summed E-state index contributed by atoms with van der Waals surface area (Å²) in [4.78, 5) is 30.8. The fourth-order valence-electron chi connectivity index (χ4n) is 5.46. The minimum absolute atomic E-state index is 0.128. The van der Waals surface area contributed by atoms with Crippen molar-refractivity contribution >= 4 is 11.9 Å². The van der Waals surface area contributed by atoms with Gasteiger partial charge in [-0.15, -0.1) is 0 Å². The van der Waals surface area contributed by atoms with Crippen LogP contribution in [0.15, 0.2) is 122 Å². The first kappa shape index (κ1) is 27.2. The Hall–Kier alpha value is -5.01. The largest absolute Gasteiger partial charge is 0.461 e. The predicted molar refractivity (Wildman–Crippen MR) is 160 cm³/mol. The second-order valence-corrected chi connectivity index (χ2v) is 10.5. The van der Waals surface area contributed by atoms with Crippen molar-refractivity contribution in [3.05, 3.63) is 139 Å². The standard InChI is InChI=1S/C35H31N3O4/c39-32-20-28-8-4-5-9-30(28)34(32)37-35(41)31(21-33(40)42-23-24-6-2-1-3-7-24)38-19-16-29(22-38)26-12-10-25(11-13-26)27-14-17-36-18-15-27/h1-19,22,31-32,34,39H,20-21,23H2,(H,37,41)/t31-,32-,34?/m1/s1. The number of nitrogens with one attached hydrogen (secondary N) is 1. The van der Waals surface area contributed by atoms with Crippen LogP contribution < -0.4 is 5.32 Å². The van der Waals surface area contributed by atoms with E-state index in [9.17, 15) is 14.7 Å². The lowest BCUT2D eigenvalue weighted by Gasteiger charge is -2.23. The van der Waals surface area contributed by atoms with Crippen molar-refractivity contribution in [3.8, 4) is 22.3 Å². The van der Waals surface area contributed by atoms with Gasteiger partial charge in [0, 0.05) is 31.2 Å². The van der Waals surface area contributed by atoms with Crippen LogP contribution >= 0.6 is 0 Å². The van der Waals surface area contributed by atoms with Crippen molar-refractivity contribution in [2.75, 3.05) is 0 Å². The van der Waals surface area contributed by atoms with E-state index in [1.807, 2.05) is 103 Å². The van der Waals surface area contributed by atoms with Gasteiger partial charge in [-0.05, 0) is 57.1 Å². The second kappa shape index (κ2) is 12.2. The zero-order valence-corrected chi connectivity index (χ0v) is 23.0. The summed E-state index contributed by atoms with van der Waals surface area (Å²) in [6.45, 7) is 0.128. The summed E-state index contributed by atoms with van der Waals surface area (Å²) in [6.07, 6.45) is 6.78. The molecule has 0 radical (unpaired) electrons. The minimum atomic E-state index is -0.863. The molecule has 210 valence electrons. The smallest absolute Gasteiger partial charge is 0.308 e. The van der Waals surface area contributed by atoms with Crippen molar-refractivity contribution in [1.29, 1.82) is 0 Å². The molecule has 1 aliphatic carbocycles. The van der Waals surface area contributed by atoms with Crippen LogP contribution in [0.5, 0.6) is 0 Å². The highest BCUT2D eigenvalue weighted by Crippen LogP contribution is 2.32. The van der Waals surface area contributed by atoms with E-state index in [1.165, 1.54) is 0 Å². The van der Waals surface area contributed by atoms with Crippen molar-refractivity contribution in [1.82, 2.24) is 14.9 Å². The van der Waals surface area contributed by atoms with Gasteiger partial charge in [0.1, 0.15) is 12.6 Å². The van der Waals surface area contributed by atoms with Gasteiger partial charge in [-0.1, -0.05) is 78.9 Å². The molecule has 0 fully saturated rings. The third kappa shape index (κ3) is 6.01. The number of esters is 1.